The molecule has 1 saturated carbocycles. The Kier molecular flexibility index (Phi) is 4.90. The molecule has 5 aromatic rings. The summed E-state index contributed by atoms with van der Waals surface area (Å²) in [6, 6.07) is 14.5. The summed E-state index contributed by atoms with van der Waals surface area (Å²) in [5.74, 6) is -0.566. The molecule has 37 heavy (non-hydrogen) atoms. The number of benzene rings is 2. The minimum Gasteiger partial charge on any atom is -0.366 e. The molecule has 1 aliphatic carbocycles. The summed E-state index contributed by atoms with van der Waals surface area (Å²) in [7, 11) is -1.55. The van der Waals surface area contributed by atoms with Crippen molar-refractivity contribution in [2.24, 2.45) is 12.8 Å². The van der Waals surface area contributed by atoms with Crippen LogP contribution in [0.5, 0.6) is 0 Å². The summed E-state index contributed by atoms with van der Waals surface area (Å²) >= 11 is 0. The van der Waals surface area contributed by atoms with Crippen molar-refractivity contribution in [2.75, 3.05) is 6.26 Å². The summed E-state index contributed by atoms with van der Waals surface area (Å²) in [6.45, 7) is 0. The van der Waals surface area contributed by atoms with E-state index in [1.807, 2.05) is 18.2 Å². The number of amides is 1. The molecular formula is C27H23N5O4S. The molecule has 3 aromatic heterocycles. The Morgan fingerprint density at radius 2 is 1.73 bits per heavy atom. The van der Waals surface area contributed by atoms with Crippen molar-refractivity contribution in [1.82, 2.24) is 19.1 Å². The van der Waals surface area contributed by atoms with Crippen LogP contribution in [0.3, 0.4) is 0 Å². The smallest absolute Gasteiger partial charge is 0.333 e. The minimum atomic E-state index is -3.24. The third kappa shape index (κ3) is 3.47. The van der Waals surface area contributed by atoms with E-state index in [1.165, 1.54) is 17.0 Å². The van der Waals surface area contributed by atoms with Crippen molar-refractivity contribution >= 4 is 37.7 Å². The fourth-order valence-electron chi connectivity index (χ4n) is 5.05. The third-order valence-electron chi connectivity index (χ3n) is 7.30. The molecule has 186 valence electrons. The number of aryl methyl sites for hydroxylation is 1. The van der Waals surface area contributed by atoms with E-state index in [0.29, 0.717) is 46.2 Å². The molecule has 3 heterocycles. The van der Waals surface area contributed by atoms with Crippen molar-refractivity contribution in [3.8, 4) is 16.8 Å². The van der Waals surface area contributed by atoms with Gasteiger partial charge in [-0.15, -0.1) is 0 Å². The highest BCUT2D eigenvalue weighted by atomic mass is 32.2. The van der Waals surface area contributed by atoms with Gasteiger partial charge in [0.2, 0.25) is 5.91 Å². The van der Waals surface area contributed by atoms with Crippen LogP contribution in [0.2, 0.25) is 0 Å². The Balaban J connectivity index is 1.56. The number of pyridine rings is 2. The fourth-order valence-corrected chi connectivity index (χ4v) is 6.46. The van der Waals surface area contributed by atoms with Crippen molar-refractivity contribution < 1.29 is 13.2 Å². The predicted molar refractivity (Wildman–Crippen MR) is 141 cm³/mol. The van der Waals surface area contributed by atoms with E-state index >= 15 is 0 Å². The third-order valence-corrected chi connectivity index (χ3v) is 9.37. The SMILES string of the molecule is Cn1c(=O)n(-c2ccc(C3(S(C)(=O)=O)CC3)cc2)c2c3cc(-c4cncc(C(N)=O)c4)ccc3ncc21. The number of sulfone groups is 1. The molecule has 0 saturated heterocycles. The quantitative estimate of drug-likeness (QED) is 0.384. The first-order valence-corrected chi connectivity index (χ1v) is 13.6. The molecule has 2 aromatic carbocycles. The molecule has 10 heteroatoms. The van der Waals surface area contributed by atoms with Crippen molar-refractivity contribution in [1.29, 1.82) is 0 Å². The lowest BCUT2D eigenvalue weighted by Gasteiger charge is -2.14. The van der Waals surface area contributed by atoms with Crippen LogP contribution in [0, 0.1) is 0 Å². The average molecular weight is 514 g/mol. The molecule has 0 aliphatic heterocycles. The second-order valence-corrected chi connectivity index (χ2v) is 11.9. The molecular weight excluding hydrogens is 490 g/mol. The van der Waals surface area contributed by atoms with Gasteiger partial charge in [0.25, 0.3) is 0 Å². The van der Waals surface area contributed by atoms with E-state index in [4.69, 9.17) is 5.73 Å². The number of carbonyl (C=O) groups is 1. The van der Waals surface area contributed by atoms with Crippen LogP contribution in [0.15, 0.2) is 71.9 Å². The van der Waals surface area contributed by atoms with Crippen LogP contribution in [-0.4, -0.2) is 39.7 Å². The Morgan fingerprint density at radius 1 is 1.00 bits per heavy atom. The lowest BCUT2D eigenvalue weighted by atomic mass is 10.0. The van der Waals surface area contributed by atoms with Gasteiger partial charge in [0.15, 0.2) is 9.84 Å². The summed E-state index contributed by atoms with van der Waals surface area (Å²) in [4.78, 5) is 33.7. The van der Waals surface area contributed by atoms with E-state index in [0.717, 1.165) is 16.5 Å². The van der Waals surface area contributed by atoms with Crippen molar-refractivity contribution in [3.63, 3.8) is 0 Å². The molecule has 0 atom stereocenters. The Bertz CT molecular complexity index is 1920. The van der Waals surface area contributed by atoms with Gasteiger partial charge in [0.05, 0.1) is 38.7 Å². The highest BCUT2D eigenvalue weighted by molar-refractivity contribution is 7.92. The topological polar surface area (TPSA) is 130 Å². The number of primary amides is 1. The van der Waals surface area contributed by atoms with E-state index < -0.39 is 20.5 Å². The Hall–Kier alpha value is -4.31. The Labute approximate surface area is 212 Å². The number of nitrogens with two attached hydrogens (primary N) is 1. The molecule has 1 fully saturated rings. The number of imidazole rings is 1. The summed E-state index contributed by atoms with van der Waals surface area (Å²) in [6.07, 6.45) is 7.21. The number of aromatic nitrogens is 4. The van der Waals surface area contributed by atoms with Gasteiger partial charge in [0.1, 0.15) is 0 Å². The number of hydrogen-bond donors (Lipinski definition) is 1. The first-order chi connectivity index (χ1) is 17.6. The van der Waals surface area contributed by atoms with Gasteiger partial charge in [-0.2, -0.15) is 0 Å². The molecule has 0 bridgehead atoms. The zero-order valence-corrected chi connectivity index (χ0v) is 21.0. The molecule has 6 rings (SSSR count). The number of rotatable bonds is 5. The fraction of sp³-hybridized carbons (Fsp3) is 0.185. The van der Waals surface area contributed by atoms with Gasteiger partial charge in [-0.1, -0.05) is 18.2 Å². The zero-order chi connectivity index (χ0) is 26.1. The molecule has 0 radical (unpaired) electrons. The zero-order valence-electron chi connectivity index (χ0n) is 20.2. The molecule has 0 unspecified atom stereocenters. The summed E-state index contributed by atoms with van der Waals surface area (Å²) < 4.78 is 27.1. The summed E-state index contributed by atoms with van der Waals surface area (Å²) in [5, 5.41) is 0.746. The maximum atomic E-state index is 13.4. The monoisotopic (exact) mass is 513 g/mol. The van der Waals surface area contributed by atoms with Gasteiger partial charge in [0, 0.05) is 36.6 Å². The maximum absolute atomic E-state index is 13.4. The van der Waals surface area contributed by atoms with Crippen molar-refractivity contribution in [3.05, 3.63) is 88.7 Å². The van der Waals surface area contributed by atoms with Crippen molar-refractivity contribution in [2.45, 2.75) is 17.6 Å². The molecule has 1 amide bonds. The highest BCUT2D eigenvalue weighted by Gasteiger charge is 2.53. The van der Waals surface area contributed by atoms with Gasteiger partial charge in [-0.3, -0.25) is 23.9 Å². The predicted octanol–water partition coefficient (Wildman–Crippen LogP) is 3.07. The standard InChI is InChI=1S/C27H23N5O4S/c1-31-23-15-30-22-8-3-16(17-11-18(25(28)33)14-29-13-17)12-21(22)24(23)32(26(31)34)20-6-4-19(5-7-20)27(9-10-27)37(2,35)36/h3-8,11-15H,9-10H2,1-2H3,(H2,28,33). The second kappa shape index (κ2) is 7.84. The number of carbonyl (C=O) groups excluding carboxylic acids is 1. The lowest BCUT2D eigenvalue weighted by Crippen LogP contribution is -2.21. The van der Waals surface area contributed by atoms with Crippen LogP contribution in [-0.2, 0) is 21.6 Å². The van der Waals surface area contributed by atoms with E-state index in [-0.39, 0.29) is 5.69 Å². The Morgan fingerprint density at radius 3 is 2.38 bits per heavy atom. The van der Waals surface area contributed by atoms with Crippen LogP contribution >= 0.6 is 0 Å². The second-order valence-electron chi connectivity index (χ2n) is 9.54. The van der Waals surface area contributed by atoms with Gasteiger partial charge in [-0.25, -0.2) is 13.2 Å². The molecule has 9 nitrogen and oxygen atoms in total. The number of fused-ring (bicyclic) bond motifs is 3. The first kappa shape index (κ1) is 23.1. The van der Waals surface area contributed by atoms with Crippen LogP contribution in [0.1, 0.15) is 28.8 Å². The number of hydrogen-bond acceptors (Lipinski definition) is 6. The molecule has 2 N–H and O–H groups in total. The van der Waals surface area contributed by atoms with E-state index in [2.05, 4.69) is 9.97 Å². The first-order valence-electron chi connectivity index (χ1n) is 11.7. The van der Waals surface area contributed by atoms with Crippen LogP contribution in [0.25, 0.3) is 38.8 Å². The normalized spacial score (nSPS) is 14.8. The molecule has 0 spiro atoms. The van der Waals surface area contributed by atoms with Gasteiger partial charge < -0.3 is 5.73 Å². The summed E-state index contributed by atoms with van der Waals surface area (Å²) in [5.41, 5.74) is 10.4. The van der Waals surface area contributed by atoms with E-state index in [1.54, 1.807) is 54.3 Å². The van der Waals surface area contributed by atoms with Gasteiger partial charge in [-0.05, 0) is 54.3 Å². The lowest BCUT2D eigenvalue weighted by molar-refractivity contribution is 0.1000. The van der Waals surface area contributed by atoms with E-state index in [9.17, 15) is 18.0 Å². The largest absolute Gasteiger partial charge is 0.366 e. The maximum Gasteiger partial charge on any atom is 0.333 e. The number of nitrogens with zero attached hydrogens (tertiary/aromatic N) is 4. The highest BCUT2D eigenvalue weighted by Crippen LogP contribution is 2.52. The average Bonchev–Trinajstić information content (AvgIpc) is 3.67. The van der Waals surface area contributed by atoms with Gasteiger partial charge >= 0.3 is 5.69 Å². The molecule has 1 aliphatic rings. The van der Waals surface area contributed by atoms with Crippen LogP contribution < -0.4 is 11.4 Å². The van der Waals surface area contributed by atoms with Crippen LogP contribution in [0.4, 0.5) is 0 Å². The minimum absolute atomic E-state index is 0.246.